The molecule has 0 aliphatic rings. The predicted molar refractivity (Wildman–Crippen MR) is 62.1 cm³/mol. The van der Waals surface area contributed by atoms with Crippen molar-refractivity contribution in [3.63, 3.8) is 0 Å². The number of nitrogens with zero attached hydrogens (tertiary/aromatic N) is 1. The molecule has 0 fully saturated rings. The third kappa shape index (κ3) is 4.34. The van der Waals surface area contributed by atoms with Crippen molar-refractivity contribution in [3.05, 3.63) is 23.5 Å². The van der Waals surface area contributed by atoms with E-state index in [-0.39, 0.29) is 19.5 Å². The van der Waals surface area contributed by atoms with E-state index in [0.717, 1.165) is 0 Å². The van der Waals surface area contributed by atoms with Crippen LogP contribution in [-0.4, -0.2) is 37.7 Å². The number of aromatic nitrogens is 1. The Morgan fingerprint density at radius 1 is 1.15 bits per heavy atom. The second kappa shape index (κ2) is 7.63. The Kier molecular flexibility index (Phi) is 6.16. The normalized spacial score (nSPS) is 10.4. The fourth-order valence-electron chi connectivity index (χ4n) is 1.32. The summed E-state index contributed by atoms with van der Waals surface area (Å²) in [6.45, 7) is 0.412. The number of hydrogen-bond donors (Lipinski definition) is 2. The molecule has 9 heteroatoms. The Hall–Kier alpha value is -1.90. The molecule has 0 aliphatic heterocycles. The lowest BCUT2D eigenvalue weighted by molar-refractivity contribution is -0.121. The van der Waals surface area contributed by atoms with Gasteiger partial charge in [-0.15, -0.1) is 0 Å². The minimum Gasteiger partial charge on any atom is -0.383 e. The van der Waals surface area contributed by atoms with Gasteiger partial charge in [-0.05, 0) is 0 Å². The smallest absolute Gasteiger partial charge is 0.253 e. The highest BCUT2D eigenvalue weighted by molar-refractivity contribution is 5.76. The first-order valence-electron chi connectivity index (χ1n) is 5.66. The monoisotopic (exact) mass is 295 g/mol. The van der Waals surface area contributed by atoms with Crippen molar-refractivity contribution >= 4 is 11.6 Å². The quantitative estimate of drug-likeness (QED) is 0.451. The van der Waals surface area contributed by atoms with E-state index in [4.69, 9.17) is 4.74 Å². The zero-order valence-electron chi connectivity index (χ0n) is 10.6. The second-order valence-corrected chi connectivity index (χ2v) is 3.72. The van der Waals surface area contributed by atoms with Crippen LogP contribution < -0.4 is 10.6 Å². The van der Waals surface area contributed by atoms with Crippen LogP contribution in [0.25, 0.3) is 0 Å². The van der Waals surface area contributed by atoms with E-state index in [1.165, 1.54) is 7.11 Å². The first-order chi connectivity index (χ1) is 9.47. The Morgan fingerprint density at radius 3 is 2.30 bits per heavy atom. The number of carbonyl (C=O) groups is 1. The lowest BCUT2D eigenvalue weighted by atomic mass is 10.3. The van der Waals surface area contributed by atoms with Gasteiger partial charge < -0.3 is 15.4 Å². The van der Waals surface area contributed by atoms with E-state index in [0.29, 0.717) is 6.61 Å². The number of halogens is 4. The van der Waals surface area contributed by atoms with Crippen LogP contribution in [0, 0.1) is 23.5 Å². The van der Waals surface area contributed by atoms with Gasteiger partial charge >= 0.3 is 0 Å². The standard InChI is InChI=1S/C11H13F4N3O2/c1-20-5-4-16-6(19)2-3-17-9-7(12)10(14)18-11(15)8(9)13/h2-5H2,1H3,(H,16,19)(H,17,18). The summed E-state index contributed by atoms with van der Waals surface area (Å²) in [6.07, 6.45) is -0.131. The van der Waals surface area contributed by atoms with Crippen molar-refractivity contribution in [3.8, 4) is 0 Å². The second-order valence-electron chi connectivity index (χ2n) is 3.72. The van der Waals surface area contributed by atoms with E-state index < -0.39 is 35.1 Å². The Bertz CT molecular complexity index is 459. The molecule has 0 aliphatic carbocycles. The van der Waals surface area contributed by atoms with Crippen molar-refractivity contribution in [2.45, 2.75) is 6.42 Å². The number of pyridine rings is 1. The molecule has 20 heavy (non-hydrogen) atoms. The molecule has 5 nitrogen and oxygen atoms in total. The van der Waals surface area contributed by atoms with Gasteiger partial charge in [0.2, 0.25) is 17.5 Å². The highest BCUT2D eigenvalue weighted by Gasteiger charge is 2.20. The van der Waals surface area contributed by atoms with Gasteiger partial charge in [-0.25, -0.2) is 0 Å². The van der Waals surface area contributed by atoms with E-state index >= 15 is 0 Å². The van der Waals surface area contributed by atoms with Crippen LogP contribution in [0.15, 0.2) is 0 Å². The number of carbonyl (C=O) groups excluding carboxylic acids is 1. The van der Waals surface area contributed by atoms with Crippen molar-refractivity contribution in [1.82, 2.24) is 10.3 Å². The molecule has 2 N–H and O–H groups in total. The number of amides is 1. The molecule has 0 radical (unpaired) electrons. The van der Waals surface area contributed by atoms with Crippen LogP contribution in [0.3, 0.4) is 0 Å². The molecule has 0 atom stereocenters. The largest absolute Gasteiger partial charge is 0.383 e. The van der Waals surface area contributed by atoms with E-state index in [1.807, 2.05) is 0 Å². The summed E-state index contributed by atoms with van der Waals surface area (Å²) in [7, 11) is 1.46. The van der Waals surface area contributed by atoms with Gasteiger partial charge in [0.25, 0.3) is 11.9 Å². The summed E-state index contributed by atoms with van der Waals surface area (Å²) >= 11 is 0. The van der Waals surface area contributed by atoms with Gasteiger partial charge in [-0.2, -0.15) is 22.5 Å². The molecule has 0 aromatic carbocycles. The number of hydrogen-bond acceptors (Lipinski definition) is 4. The van der Waals surface area contributed by atoms with Crippen LogP contribution in [0.5, 0.6) is 0 Å². The molecular weight excluding hydrogens is 282 g/mol. The van der Waals surface area contributed by atoms with Crippen LogP contribution in [-0.2, 0) is 9.53 Å². The van der Waals surface area contributed by atoms with Gasteiger partial charge in [-0.3, -0.25) is 4.79 Å². The number of methoxy groups -OCH3 is 1. The van der Waals surface area contributed by atoms with Crippen molar-refractivity contribution < 1.29 is 27.1 Å². The Labute approximate surface area is 112 Å². The zero-order chi connectivity index (χ0) is 15.1. The first-order valence-corrected chi connectivity index (χ1v) is 5.66. The summed E-state index contributed by atoms with van der Waals surface area (Å²) in [4.78, 5) is 13.7. The third-order valence-corrected chi connectivity index (χ3v) is 2.28. The SMILES string of the molecule is COCCNC(=O)CCNc1c(F)c(F)nc(F)c1F. The average molecular weight is 295 g/mol. The van der Waals surface area contributed by atoms with Crippen molar-refractivity contribution in [2.24, 2.45) is 0 Å². The Morgan fingerprint density at radius 2 is 1.75 bits per heavy atom. The lowest BCUT2D eigenvalue weighted by Crippen LogP contribution is -2.28. The van der Waals surface area contributed by atoms with E-state index in [9.17, 15) is 22.4 Å². The van der Waals surface area contributed by atoms with Crippen LogP contribution in [0.2, 0.25) is 0 Å². The maximum Gasteiger partial charge on any atom is 0.253 e. The molecule has 0 saturated carbocycles. The van der Waals surface area contributed by atoms with E-state index in [1.54, 1.807) is 0 Å². The highest BCUT2D eigenvalue weighted by atomic mass is 19.2. The molecule has 0 bridgehead atoms. The fourth-order valence-corrected chi connectivity index (χ4v) is 1.32. The minimum atomic E-state index is -1.75. The Balaban J connectivity index is 2.52. The summed E-state index contributed by atoms with van der Waals surface area (Å²) < 4.78 is 56.7. The molecule has 1 rings (SSSR count). The summed E-state index contributed by atoms with van der Waals surface area (Å²) in [5.74, 6) is -7.18. The topological polar surface area (TPSA) is 63.2 Å². The molecule has 1 amide bonds. The number of ether oxygens (including phenoxy) is 1. The van der Waals surface area contributed by atoms with Gasteiger partial charge in [0, 0.05) is 26.6 Å². The summed E-state index contributed by atoms with van der Waals surface area (Å²) in [6, 6.07) is 0. The maximum atomic E-state index is 13.2. The fraction of sp³-hybridized carbons (Fsp3) is 0.455. The summed E-state index contributed by atoms with van der Waals surface area (Å²) in [5, 5.41) is 4.59. The molecule has 0 saturated heterocycles. The molecule has 0 unspecified atom stereocenters. The molecule has 0 spiro atoms. The lowest BCUT2D eigenvalue weighted by Gasteiger charge is -2.09. The van der Waals surface area contributed by atoms with Crippen molar-refractivity contribution in [1.29, 1.82) is 0 Å². The maximum absolute atomic E-state index is 13.2. The highest BCUT2D eigenvalue weighted by Crippen LogP contribution is 2.21. The predicted octanol–water partition coefficient (Wildman–Crippen LogP) is 1.20. The van der Waals surface area contributed by atoms with Crippen molar-refractivity contribution in [2.75, 3.05) is 32.1 Å². The average Bonchev–Trinajstić information content (AvgIpc) is 2.41. The molecular formula is C11H13F4N3O2. The summed E-state index contributed by atoms with van der Waals surface area (Å²) in [5.41, 5.74) is -0.986. The van der Waals surface area contributed by atoms with Gasteiger partial charge in [0.15, 0.2) is 0 Å². The van der Waals surface area contributed by atoms with Crippen LogP contribution >= 0.6 is 0 Å². The van der Waals surface area contributed by atoms with E-state index in [2.05, 4.69) is 15.6 Å². The first kappa shape index (κ1) is 16.2. The molecule has 1 aromatic rings. The number of anilines is 1. The van der Waals surface area contributed by atoms with Crippen LogP contribution in [0.4, 0.5) is 23.2 Å². The third-order valence-electron chi connectivity index (χ3n) is 2.28. The number of rotatable bonds is 7. The minimum absolute atomic E-state index is 0.131. The molecule has 1 heterocycles. The molecule has 112 valence electrons. The van der Waals surface area contributed by atoms with Crippen LogP contribution in [0.1, 0.15) is 6.42 Å². The van der Waals surface area contributed by atoms with Gasteiger partial charge in [0.1, 0.15) is 5.69 Å². The molecule has 1 aromatic heterocycles. The van der Waals surface area contributed by atoms with Gasteiger partial charge in [0.05, 0.1) is 6.61 Å². The zero-order valence-corrected chi connectivity index (χ0v) is 10.6. The number of nitrogens with one attached hydrogen (secondary N) is 2. The van der Waals surface area contributed by atoms with Gasteiger partial charge in [-0.1, -0.05) is 0 Å².